The van der Waals surface area contributed by atoms with Gasteiger partial charge in [-0.05, 0) is 55.3 Å². The van der Waals surface area contributed by atoms with Gasteiger partial charge in [0.05, 0.1) is 21.5 Å². The van der Waals surface area contributed by atoms with Gasteiger partial charge in [0.2, 0.25) is 0 Å². The van der Waals surface area contributed by atoms with Crippen LogP contribution in [0, 0.1) is 13.8 Å². The zero-order valence-corrected chi connectivity index (χ0v) is 17.2. The minimum Gasteiger partial charge on any atom is -0.341 e. The average Bonchev–Trinajstić information content (AvgIpc) is 3.41. The number of ketones is 2. The molecule has 138 valence electrons. The molecular formula is C22H16N2O2S2. The molecule has 28 heavy (non-hydrogen) atoms. The van der Waals surface area contributed by atoms with Crippen LogP contribution in [-0.4, -0.2) is 21.1 Å². The summed E-state index contributed by atoms with van der Waals surface area (Å²) in [6, 6.07) is 7.80. The summed E-state index contributed by atoms with van der Waals surface area (Å²) in [5, 5.41) is 2.94. The quantitative estimate of drug-likeness (QED) is 0.330. The third kappa shape index (κ3) is 2.45. The van der Waals surface area contributed by atoms with Crippen molar-refractivity contribution in [2.75, 3.05) is 0 Å². The van der Waals surface area contributed by atoms with E-state index in [1.54, 1.807) is 34.9 Å². The highest BCUT2D eigenvalue weighted by Crippen LogP contribution is 2.36. The number of hydrogen-bond donors (Lipinski definition) is 0. The lowest BCUT2D eigenvalue weighted by atomic mass is 10.0. The molecule has 0 spiro atoms. The van der Waals surface area contributed by atoms with E-state index in [-0.39, 0.29) is 17.1 Å². The van der Waals surface area contributed by atoms with E-state index in [1.807, 2.05) is 44.5 Å². The van der Waals surface area contributed by atoms with E-state index in [0.29, 0.717) is 11.1 Å². The second-order valence-electron chi connectivity index (χ2n) is 7.02. The van der Waals surface area contributed by atoms with E-state index < -0.39 is 0 Å². The molecule has 0 fully saturated rings. The van der Waals surface area contributed by atoms with E-state index in [4.69, 9.17) is 0 Å². The second kappa shape index (κ2) is 6.09. The third-order valence-corrected chi connectivity index (χ3v) is 7.11. The van der Waals surface area contributed by atoms with Gasteiger partial charge in [-0.2, -0.15) is 0 Å². The van der Waals surface area contributed by atoms with Gasteiger partial charge in [-0.15, -0.1) is 22.7 Å². The molecule has 4 aromatic rings. The highest BCUT2D eigenvalue weighted by molar-refractivity contribution is 7.20. The maximum Gasteiger partial charge on any atom is 0.197 e. The van der Waals surface area contributed by atoms with Crippen LogP contribution in [0.15, 0.2) is 41.4 Å². The van der Waals surface area contributed by atoms with E-state index in [2.05, 4.69) is 15.6 Å². The molecule has 0 bridgehead atoms. The van der Waals surface area contributed by atoms with Gasteiger partial charge in [0, 0.05) is 34.6 Å². The summed E-state index contributed by atoms with van der Waals surface area (Å²) in [5.74, 6) is -0.354. The predicted octanol–water partition coefficient (Wildman–Crippen LogP) is 5.44. The van der Waals surface area contributed by atoms with Crippen molar-refractivity contribution in [1.82, 2.24) is 9.55 Å². The first-order chi connectivity index (χ1) is 13.4. The largest absolute Gasteiger partial charge is 0.341 e. The number of aryl methyl sites for hydroxylation is 3. The van der Waals surface area contributed by atoms with Crippen LogP contribution in [0.1, 0.15) is 36.7 Å². The van der Waals surface area contributed by atoms with Crippen molar-refractivity contribution in [2.45, 2.75) is 13.8 Å². The summed E-state index contributed by atoms with van der Waals surface area (Å²) >= 11 is 3.19. The topological polar surface area (TPSA) is 52.0 Å². The standard InChI is InChI=1S/C22H16N2O2S2/c1-11-6-14-15(7-12(11)2)21(26)16(20(14)25)8-13-9-17-19(28-13)10-18(24(17)3)22-23-4-5-27-22/h4-10H,1-3H3. The Morgan fingerprint density at radius 2 is 1.68 bits per heavy atom. The van der Waals surface area contributed by atoms with Gasteiger partial charge >= 0.3 is 0 Å². The Morgan fingerprint density at radius 3 is 2.25 bits per heavy atom. The molecule has 0 saturated heterocycles. The van der Waals surface area contributed by atoms with Gasteiger partial charge in [0.15, 0.2) is 11.6 Å². The van der Waals surface area contributed by atoms with Crippen LogP contribution in [0.3, 0.4) is 0 Å². The van der Waals surface area contributed by atoms with Gasteiger partial charge < -0.3 is 4.57 Å². The highest BCUT2D eigenvalue weighted by Gasteiger charge is 2.33. The summed E-state index contributed by atoms with van der Waals surface area (Å²) < 4.78 is 3.22. The fourth-order valence-electron chi connectivity index (χ4n) is 3.62. The Kier molecular flexibility index (Phi) is 3.76. The second-order valence-corrected chi connectivity index (χ2v) is 9.03. The van der Waals surface area contributed by atoms with Crippen LogP contribution in [-0.2, 0) is 7.05 Å². The number of fused-ring (bicyclic) bond motifs is 2. The number of thiophene rings is 1. The monoisotopic (exact) mass is 404 g/mol. The lowest BCUT2D eigenvalue weighted by Gasteiger charge is -2.01. The molecule has 0 unspecified atom stereocenters. The molecule has 0 saturated carbocycles. The third-order valence-electron chi connectivity index (χ3n) is 5.30. The number of rotatable bonds is 2. The Labute approximate surface area is 169 Å². The Bertz CT molecular complexity index is 1280. The molecule has 0 N–H and O–H groups in total. The molecule has 1 aromatic carbocycles. The van der Waals surface area contributed by atoms with E-state index in [1.165, 1.54) is 0 Å². The maximum absolute atomic E-state index is 12.8. The summed E-state index contributed by atoms with van der Waals surface area (Å²) in [5.41, 5.74) is 5.49. The molecule has 5 rings (SSSR count). The number of hydrogen-bond acceptors (Lipinski definition) is 5. The number of thiazole rings is 1. The Hall–Kier alpha value is -2.83. The molecule has 0 amide bonds. The van der Waals surface area contributed by atoms with Crippen molar-refractivity contribution in [1.29, 1.82) is 0 Å². The summed E-state index contributed by atoms with van der Waals surface area (Å²) in [6.07, 6.45) is 3.54. The van der Waals surface area contributed by atoms with E-state index in [0.717, 1.165) is 36.9 Å². The Balaban J connectivity index is 1.57. The molecular weight excluding hydrogens is 388 g/mol. The van der Waals surface area contributed by atoms with Crippen molar-refractivity contribution in [3.05, 3.63) is 68.5 Å². The van der Waals surface area contributed by atoms with Crippen LogP contribution in [0.2, 0.25) is 0 Å². The van der Waals surface area contributed by atoms with Crippen molar-refractivity contribution >= 4 is 50.5 Å². The van der Waals surface area contributed by atoms with Gasteiger partial charge in [-0.1, -0.05) is 0 Å². The number of aromatic nitrogens is 2. The average molecular weight is 405 g/mol. The molecule has 6 heteroatoms. The smallest absolute Gasteiger partial charge is 0.197 e. The molecule has 1 aliphatic carbocycles. The first kappa shape index (κ1) is 17.3. The summed E-state index contributed by atoms with van der Waals surface area (Å²) in [7, 11) is 2.01. The fraction of sp³-hybridized carbons (Fsp3) is 0.136. The summed E-state index contributed by atoms with van der Waals surface area (Å²) in [4.78, 5) is 30.9. The molecule has 3 heterocycles. The van der Waals surface area contributed by atoms with Crippen molar-refractivity contribution in [3.63, 3.8) is 0 Å². The Morgan fingerprint density at radius 1 is 1.00 bits per heavy atom. The highest BCUT2D eigenvalue weighted by atomic mass is 32.1. The first-order valence-electron chi connectivity index (χ1n) is 8.85. The number of nitrogens with zero attached hydrogens (tertiary/aromatic N) is 2. The molecule has 0 atom stereocenters. The number of carbonyl (C=O) groups excluding carboxylic acids is 2. The van der Waals surface area contributed by atoms with Gasteiger partial charge in [-0.25, -0.2) is 4.98 Å². The zero-order chi connectivity index (χ0) is 19.6. The molecule has 3 aromatic heterocycles. The maximum atomic E-state index is 12.8. The minimum absolute atomic E-state index is 0.177. The molecule has 4 nitrogen and oxygen atoms in total. The molecule has 0 radical (unpaired) electrons. The lowest BCUT2D eigenvalue weighted by Crippen LogP contribution is -1.99. The van der Waals surface area contributed by atoms with Crippen molar-refractivity contribution in [2.24, 2.45) is 7.05 Å². The van der Waals surface area contributed by atoms with Crippen LogP contribution >= 0.6 is 22.7 Å². The molecule has 0 aliphatic heterocycles. The zero-order valence-electron chi connectivity index (χ0n) is 15.6. The van der Waals surface area contributed by atoms with Crippen molar-refractivity contribution in [3.8, 4) is 10.7 Å². The SMILES string of the molecule is Cc1cc2c(cc1C)C(=O)C(=Cc1cc3c(cc(-c4nccs4)n3C)s1)C2=O. The number of benzene rings is 1. The van der Waals surface area contributed by atoms with Crippen molar-refractivity contribution < 1.29 is 9.59 Å². The lowest BCUT2D eigenvalue weighted by molar-refractivity contribution is 0.0990. The van der Waals surface area contributed by atoms with Crippen LogP contribution in [0.25, 0.3) is 27.0 Å². The minimum atomic E-state index is -0.177. The summed E-state index contributed by atoms with van der Waals surface area (Å²) in [6.45, 7) is 3.92. The van der Waals surface area contributed by atoms with E-state index in [9.17, 15) is 9.59 Å². The van der Waals surface area contributed by atoms with Gasteiger partial charge in [0.25, 0.3) is 0 Å². The normalized spacial score (nSPS) is 13.6. The predicted molar refractivity (Wildman–Crippen MR) is 114 cm³/mol. The van der Waals surface area contributed by atoms with Crippen LogP contribution in [0.4, 0.5) is 0 Å². The van der Waals surface area contributed by atoms with Crippen LogP contribution < -0.4 is 0 Å². The van der Waals surface area contributed by atoms with Crippen LogP contribution in [0.5, 0.6) is 0 Å². The number of allylic oxidation sites excluding steroid dienone is 1. The number of carbonyl (C=O) groups is 2. The first-order valence-corrected chi connectivity index (χ1v) is 10.5. The fourth-order valence-corrected chi connectivity index (χ4v) is 5.38. The van der Waals surface area contributed by atoms with Gasteiger partial charge in [0.1, 0.15) is 5.01 Å². The van der Waals surface area contributed by atoms with E-state index >= 15 is 0 Å². The van der Waals surface area contributed by atoms with Gasteiger partial charge in [-0.3, -0.25) is 9.59 Å². The molecule has 1 aliphatic rings. The number of Topliss-reactive ketones (excluding diaryl/α,β-unsaturated/α-hetero) is 2.